The molecule has 1 saturated heterocycles. The molecule has 1 N–H and O–H groups in total. The molecule has 1 heterocycles. The first kappa shape index (κ1) is 23.4. The number of hydrogen-bond donors (Lipinski definition) is 1. The summed E-state index contributed by atoms with van der Waals surface area (Å²) in [5.41, 5.74) is 2.22. The van der Waals surface area contributed by atoms with Gasteiger partial charge in [-0.3, -0.25) is 9.69 Å². The molecule has 1 aliphatic rings. The first-order valence-corrected chi connectivity index (χ1v) is 10.9. The topological polar surface area (TPSA) is 52.6 Å². The molecule has 0 atom stereocenters. The van der Waals surface area contributed by atoms with Crippen LogP contribution in [0.1, 0.15) is 33.5 Å². The van der Waals surface area contributed by atoms with Crippen LogP contribution in [0.2, 0.25) is 0 Å². The zero-order valence-electron chi connectivity index (χ0n) is 18.6. The third-order valence-electron chi connectivity index (χ3n) is 5.80. The molecule has 1 fully saturated rings. The Morgan fingerprint density at radius 2 is 1.74 bits per heavy atom. The molecular weight excluding hydrogens is 443 g/mol. The highest BCUT2D eigenvalue weighted by Gasteiger charge is 2.31. The number of carbonyl (C=O) groups excluding carboxylic acids is 2. The smallest absolute Gasteiger partial charge is 0.322 e. The third kappa shape index (κ3) is 5.22. The number of amides is 3. The molecule has 0 aliphatic carbocycles. The van der Waals surface area contributed by atoms with Crippen molar-refractivity contribution >= 4 is 23.3 Å². The minimum absolute atomic E-state index is 0.0984. The molecule has 1 aliphatic heterocycles. The Morgan fingerprint density at radius 3 is 2.50 bits per heavy atom. The second kappa shape index (κ2) is 9.59. The van der Waals surface area contributed by atoms with Gasteiger partial charge in [0.05, 0.1) is 5.56 Å². The summed E-state index contributed by atoms with van der Waals surface area (Å²) in [6.07, 6.45) is -3.74. The summed E-state index contributed by atoms with van der Waals surface area (Å²) in [6, 6.07) is 18.8. The molecule has 0 spiro atoms. The van der Waals surface area contributed by atoms with E-state index >= 15 is 0 Å². The van der Waals surface area contributed by atoms with Crippen molar-refractivity contribution in [2.24, 2.45) is 0 Å². The SMILES string of the molecule is Cc1ccccc1CN1CCCN(c2cccc(NC(=O)c3cccc(C(F)(F)F)c3)c2)C1=O. The number of rotatable bonds is 5. The quantitative estimate of drug-likeness (QED) is 0.493. The highest BCUT2D eigenvalue weighted by Crippen LogP contribution is 2.30. The Bertz CT molecular complexity index is 1210. The van der Waals surface area contributed by atoms with Gasteiger partial charge in [-0.25, -0.2) is 4.79 Å². The van der Waals surface area contributed by atoms with E-state index in [4.69, 9.17) is 0 Å². The zero-order valence-corrected chi connectivity index (χ0v) is 18.6. The average Bonchev–Trinajstić information content (AvgIpc) is 2.81. The first-order valence-electron chi connectivity index (χ1n) is 10.9. The van der Waals surface area contributed by atoms with E-state index in [1.165, 1.54) is 12.1 Å². The molecule has 0 bridgehead atoms. The number of alkyl halides is 3. The van der Waals surface area contributed by atoms with Gasteiger partial charge in [-0.15, -0.1) is 0 Å². The molecule has 0 unspecified atom stereocenters. The molecule has 5 nitrogen and oxygen atoms in total. The van der Waals surface area contributed by atoms with Crippen molar-refractivity contribution in [2.75, 3.05) is 23.3 Å². The predicted molar refractivity (Wildman–Crippen MR) is 125 cm³/mol. The maximum absolute atomic E-state index is 13.2. The molecule has 0 aromatic heterocycles. The highest BCUT2D eigenvalue weighted by molar-refractivity contribution is 6.05. The second-order valence-electron chi connectivity index (χ2n) is 8.22. The fourth-order valence-corrected chi connectivity index (χ4v) is 3.95. The summed E-state index contributed by atoms with van der Waals surface area (Å²) in [5, 5.41) is 2.63. The molecule has 4 rings (SSSR count). The summed E-state index contributed by atoms with van der Waals surface area (Å²) in [6.45, 7) is 3.70. The van der Waals surface area contributed by atoms with Gasteiger partial charge in [0.15, 0.2) is 0 Å². The number of nitrogens with zero attached hydrogens (tertiary/aromatic N) is 2. The van der Waals surface area contributed by atoms with Crippen LogP contribution in [0.15, 0.2) is 72.8 Å². The van der Waals surface area contributed by atoms with Gasteiger partial charge >= 0.3 is 12.2 Å². The van der Waals surface area contributed by atoms with E-state index in [0.717, 1.165) is 29.7 Å². The van der Waals surface area contributed by atoms with Gasteiger partial charge in [-0.2, -0.15) is 13.2 Å². The van der Waals surface area contributed by atoms with E-state index in [1.54, 1.807) is 34.1 Å². The van der Waals surface area contributed by atoms with E-state index in [0.29, 0.717) is 31.0 Å². The van der Waals surface area contributed by atoms with Crippen molar-refractivity contribution in [1.82, 2.24) is 4.90 Å². The van der Waals surface area contributed by atoms with Crippen molar-refractivity contribution in [3.05, 3.63) is 95.1 Å². The number of benzene rings is 3. The molecule has 34 heavy (non-hydrogen) atoms. The second-order valence-corrected chi connectivity index (χ2v) is 8.22. The van der Waals surface area contributed by atoms with Crippen molar-refractivity contribution in [1.29, 1.82) is 0 Å². The van der Waals surface area contributed by atoms with Crippen molar-refractivity contribution < 1.29 is 22.8 Å². The van der Waals surface area contributed by atoms with Crippen LogP contribution >= 0.6 is 0 Å². The normalized spacial score (nSPS) is 14.3. The monoisotopic (exact) mass is 467 g/mol. The summed E-state index contributed by atoms with van der Waals surface area (Å²) < 4.78 is 38.9. The third-order valence-corrected chi connectivity index (χ3v) is 5.80. The fourth-order valence-electron chi connectivity index (χ4n) is 3.95. The number of halogens is 3. The Hall–Kier alpha value is -3.81. The van der Waals surface area contributed by atoms with E-state index in [1.807, 2.05) is 31.2 Å². The van der Waals surface area contributed by atoms with Gasteiger partial charge in [0.25, 0.3) is 5.91 Å². The molecule has 3 aromatic rings. The number of anilines is 2. The maximum atomic E-state index is 13.2. The van der Waals surface area contributed by atoms with Gasteiger partial charge in [0.2, 0.25) is 0 Å². The Kier molecular flexibility index (Phi) is 6.58. The molecule has 176 valence electrons. The standard InChI is InChI=1S/C26H24F3N3O2/c1-18-7-2-3-8-20(18)17-31-13-6-14-32(25(31)34)23-12-5-11-22(16-23)30-24(33)19-9-4-10-21(15-19)26(27,28)29/h2-5,7-12,15-16H,6,13-14,17H2,1H3,(H,30,33). The largest absolute Gasteiger partial charge is 0.416 e. The molecule has 0 saturated carbocycles. The van der Waals surface area contributed by atoms with Crippen molar-refractivity contribution in [3.8, 4) is 0 Å². The fraction of sp³-hybridized carbons (Fsp3) is 0.231. The molecule has 3 amide bonds. The molecule has 8 heteroatoms. The minimum atomic E-state index is -4.53. The lowest BCUT2D eigenvalue weighted by molar-refractivity contribution is -0.137. The summed E-state index contributed by atoms with van der Waals surface area (Å²) in [5.74, 6) is -0.658. The summed E-state index contributed by atoms with van der Waals surface area (Å²) in [7, 11) is 0. The van der Waals surface area contributed by atoms with Crippen LogP contribution in [0.3, 0.4) is 0 Å². The Balaban J connectivity index is 1.49. The van der Waals surface area contributed by atoms with Crippen LogP contribution in [0.4, 0.5) is 29.3 Å². The first-order chi connectivity index (χ1) is 16.2. The van der Waals surface area contributed by atoms with Gasteiger partial charge in [0, 0.05) is 36.6 Å². The minimum Gasteiger partial charge on any atom is -0.322 e. The van der Waals surface area contributed by atoms with Gasteiger partial charge < -0.3 is 10.2 Å². The Morgan fingerprint density at radius 1 is 0.971 bits per heavy atom. The van der Waals surface area contributed by atoms with Crippen molar-refractivity contribution in [2.45, 2.75) is 26.1 Å². The molecule has 3 aromatic carbocycles. The Labute approximate surface area is 195 Å². The maximum Gasteiger partial charge on any atom is 0.416 e. The van der Waals surface area contributed by atoms with E-state index in [-0.39, 0.29) is 11.6 Å². The van der Waals surface area contributed by atoms with Crippen LogP contribution in [0.5, 0.6) is 0 Å². The lowest BCUT2D eigenvalue weighted by Crippen LogP contribution is -2.49. The summed E-state index contributed by atoms with van der Waals surface area (Å²) >= 11 is 0. The van der Waals surface area contributed by atoms with Crippen LogP contribution in [-0.4, -0.2) is 29.9 Å². The van der Waals surface area contributed by atoms with E-state index in [2.05, 4.69) is 5.32 Å². The van der Waals surface area contributed by atoms with E-state index in [9.17, 15) is 22.8 Å². The predicted octanol–water partition coefficient (Wildman–Crippen LogP) is 6.10. The van der Waals surface area contributed by atoms with Gasteiger partial charge in [-0.05, 0) is 60.9 Å². The lowest BCUT2D eigenvalue weighted by atomic mass is 10.1. The number of urea groups is 1. The zero-order chi connectivity index (χ0) is 24.3. The van der Waals surface area contributed by atoms with E-state index < -0.39 is 17.6 Å². The average molecular weight is 467 g/mol. The molecular formula is C26H24F3N3O2. The summed E-state index contributed by atoms with van der Waals surface area (Å²) in [4.78, 5) is 29.2. The number of nitrogens with one attached hydrogen (secondary N) is 1. The highest BCUT2D eigenvalue weighted by atomic mass is 19.4. The van der Waals surface area contributed by atoms with Gasteiger partial charge in [0.1, 0.15) is 0 Å². The number of hydrogen-bond acceptors (Lipinski definition) is 2. The van der Waals surface area contributed by atoms with Crippen LogP contribution in [0, 0.1) is 6.92 Å². The van der Waals surface area contributed by atoms with Gasteiger partial charge in [-0.1, -0.05) is 36.4 Å². The van der Waals surface area contributed by atoms with Crippen LogP contribution in [-0.2, 0) is 12.7 Å². The number of carbonyl (C=O) groups is 2. The van der Waals surface area contributed by atoms with Crippen molar-refractivity contribution in [3.63, 3.8) is 0 Å². The van der Waals surface area contributed by atoms with Crippen LogP contribution in [0.25, 0.3) is 0 Å². The molecule has 0 radical (unpaired) electrons. The number of aryl methyl sites for hydroxylation is 1. The lowest BCUT2D eigenvalue weighted by Gasteiger charge is -2.36. The van der Waals surface area contributed by atoms with Crippen LogP contribution < -0.4 is 10.2 Å².